The van der Waals surface area contributed by atoms with Crippen LogP contribution in [-0.2, 0) is 10.4 Å². The van der Waals surface area contributed by atoms with Crippen molar-refractivity contribution in [2.45, 2.75) is 57.7 Å². The van der Waals surface area contributed by atoms with Crippen molar-refractivity contribution in [3.05, 3.63) is 61.5 Å². The van der Waals surface area contributed by atoms with E-state index in [9.17, 15) is 14.7 Å². The lowest BCUT2D eigenvalue weighted by Gasteiger charge is -2.48. The van der Waals surface area contributed by atoms with E-state index in [2.05, 4.69) is 24.1 Å². The van der Waals surface area contributed by atoms with E-state index in [1.165, 1.54) is 6.92 Å². The highest BCUT2D eigenvalue weighted by atomic mass is 35.5. The lowest BCUT2D eigenvalue weighted by Crippen LogP contribution is -2.61. The quantitative estimate of drug-likeness (QED) is 0.395. The summed E-state index contributed by atoms with van der Waals surface area (Å²) >= 11 is 25.3. The van der Waals surface area contributed by atoms with Gasteiger partial charge in [0.1, 0.15) is 0 Å². The molecule has 1 atom stereocenters. The number of hydrogen-bond donors (Lipinski definition) is 2. The molecule has 11 heteroatoms. The molecule has 0 aromatic heterocycles. The number of nitrogens with one attached hydrogen (secondary N) is 1. The molecular formula is C30H36Cl4N4O3. The third-order valence-electron chi connectivity index (χ3n) is 8.61. The van der Waals surface area contributed by atoms with Crippen LogP contribution in [-0.4, -0.2) is 83.0 Å². The van der Waals surface area contributed by atoms with Gasteiger partial charge >= 0.3 is 0 Å². The molecule has 0 unspecified atom stereocenters. The Balaban J connectivity index is 1.12. The Labute approximate surface area is 261 Å². The zero-order valence-electron chi connectivity index (χ0n) is 23.5. The normalized spacial score (nSPS) is 21.5. The minimum Gasteiger partial charge on any atom is -0.380 e. The van der Waals surface area contributed by atoms with Crippen molar-refractivity contribution in [1.29, 1.82) is 0 Å². The van der Waals surface area contributed by atoms with Crippen LogP contribution < -0.4 is 5.32 Å². The van der Waals surface area contributed by atoms with Crippen molar-refractivity contribution in [2.24, 2.45) is 5.41 Å². The van der Waals surface area contributed by atoms with Crippen molar-refractivity contribution in [2.75, 3.05) is 44.6 Å². The maximum atomic E-state index is 13.2. The van der Waals surface area contributed by atoms with E-state index in [4.69, 9.17) is 46.4 Å². The largest absolute Gasteiger partial charge is 0.380 e. The highest BCUT2D eigenvalue weighted by molar-refractivity contribution is 6.40. The van der Waals surface area contributed by atoms with Gasteiger partial charge in [-0.25, -0.2) is 0 Å². The lowest BCUT2D eigenvalue weighted by atomic mass is 9.92. The SMILES string of the molecule is CC1(C)CCN(C(=O)c2c(Cl)cc(NC3CN(C4CCN(C(=O)[C@@](C)(O)c5cc(Cl)cc(Cl)c5)CC4)C3)cc2Cl)C1. The number of nitrogens with zero attached hydrogens (tertiary/aromatic N) is 3. The second-order valence-electron chi connectivity index (χ2n) is 12.5. The fourth-order valence-corrected chi connectivity index (χ4v) is 7.32. The van der Waals surface area contributed by atoms with Gasteiger partial charge in [-0.2, -0.15) is 0 Å². The molecule has 3 fully saturated rings. The number of rotatable bonds is 6. The molecule has 0 aliphatic carbocycles. The fourth-order valence-electron chi connectivity index (χ4n) is 6.14. The molecule has 2 aromatic rings. The van der Waals surface area contributed by atoms with Gasteiger partial charge < -0.3 is 20.2 Å². The van der Waals surface area contributed by atoms with Crippen molar-refractivity contribution in [1.82, 2.24) is 14.7 Å². The van der Waals surface area contributed by atoms with E-state index >= 15 is 0 Å². The third-order valence-corrected chi connectivity index (χ3v) is 9.64. The first-order chi connectivity index (χ1) is 19.2. The molecular weight excluding hydrogens is 606 g/mol. The van der Waals surface area contributed by atoms with Crippen molar-refractivity contribution >= 4 is 63.9 Å². The zero-order valence-corrected chi connectivity index (χ0v) is 26.5. The first-order valence-electron chi connectivity index (χ1n) is 14.0. The number of anilines is 1. The first-order valence-corrected chi connectivity index (χ1v) is 15.5. The van der Waals surface area contributed by atoms with Crippen LogP contribution in [0.3, 0.4) is 0 Å². The Morgan fingerprint density at radius 3 is 2.05 bits per heavy atom. The van der Waals surface area contributed by atoms with Gasteiger partial charge in [0, 0.05) is 61.0 Å². The Morgan fingerprint density at radius 1 is 0.927 bits per heavy atom. The van der Waals surface area contributed by atoms with Gasteiger partial charge in [0.25, 0.3) is 11.8 Å². The molecule has 3 heterocycles. The Hall–Kier alpha value is -1.74. The summed E-state index contributed by atoms with van der Waals surface area (Å²) in [6, 6.07) is 8.89. The summed E-state index contributed by atoms with van der Waals surface area (Å²) in [5, 5.41) is 16.0. The van der Waals surface area contributed by atoms with Crippen LogP contribution in [0.1, 0.15) is 56.0 Å². The topological polar surface area (TPSA) is 76.1 Å². The van der Waals surface area contributed by atoms with Crippen LogP contribution in [0.5, 0.6) is 0 Å². The molecule has 2 aromatic carbocycles. The van der Waals surface area contributed by atoms with Crippen LogP contribution in [0.4, 0.5) is 5.69 Å². The van der Waals surface area contributed by atoms with E-state index < -0.39 is 5.60 Å². The standard InChI is InChI=1S/C30H36Cl4N4O3/c1-29(2)6-9-37(17-29)27(39)26-24(33)13-21(14-25(26)34)35-22-15-38(16-22)23-4-7-36(8-5-23)28(40)30(3,41)18-10-19(31)12-20(32)11-18/h10-14,22-23,35,41H,4-9,15-17H2,1-3H3/t30-/m0/s1. The van der Waals surface area contributed by atoms with Crippen LogP contribution in [0, 0.1) is 5.41 Å². The number of amides is 2. The maximum absolute atomic E-state index is 13.2. The molecule has 3 aliphatic heterocycles. The van der Waals surface area contributed by atoms with Crippen LogP contribution >= 0.6 is 46.4 Å². The number of aliphatic hydroxyl groups is 1. The molecule has 222 valence electrons. The van der Waals surface area contributed by atoms with Gasteiger partial charge in [-0.15, -0.1) is 0 Å². The summed E-state index contributed by atoms with van der Waals surface area (Å²) in [6.45, 7) is 10.1. The molecule has 0 bridgehead atoms. The zero-order chi connectivity index (χ0) is 29.7. The molecule has 2 N–H and O–H groups in total. The molecule has 0 spiro atoms. The summed E-state index contributed by atoms with van der Waals surface area (Å²) in [6.07, 6.45) is 2.61. The van der Waals surface area contributed by atoms with E-state index in [0.29, 0.717) is 63.4 Å². The number of benzene rings is 2. The molecule has 3 saturated heterocycles. The first kappa shape index (κ1) is 30.7. The molecule has 0 radical (unpaired) electrons. The maximum Gasteiger partial charge on any atom is 0.258 e. The van der Waals surface area contributed by atoms with Crippen LogP contribution in [0.15, 0.2) is 30.3 Å². The highest BCUT2D eigenvalue weighted by Crippen LogP contribution is 2.36. The van der Waals surface area contributed by atoms with Crippen molar-refractivity contribution < 1.29 is 14.7 Å². The predicted molar refractivity (Wildman–Crippen MR) is 165 cm³/mol. The summed E-state index contributed by atoms with van der Waals surface area (Å²) in [7, 11) is 0. The molecule has 3 aliphatic rings. The van der Waals surface area contributed by atoms with Gasteiger partial charge in [-0.3, -0.25) is 14.5 Å². The highest BCUT2D eigenvalue weighted by Gasteiger charge is 2.40. The Bertz CT molecular complexity index is 1290. The monoisotopic (exact) mass is 640 g/mol. The second kappa shape index (κ2) is 11.7. The number of carbonyl (C=O) groups is 2. The Kier molecular flexibility index (Phi) is 8.79. The number of piperidine rings is 1. The summed E-state index contributed by atoms with van der Waals surface area (Å²) in [4.78, 5) is 32.3. The van der Waals surface area contributed by atoms with Crippen LogP contribution in [0.2, 0.25) is 20.1 Å². The summed E-state index contributed by atoms with van der Waals surface area (Å²) in [5.41, 5.74) is -0.0570. The summed E-state index contributed by atoms with van der Waals surface area (Å²) < 4.78 is 0. The number of carbonyl (C=O) groups excluding carboxylic acids is 2. The molecule has 0 saturated carbocycles. The minimum absolute atomic E-state index is 0.101. The molecule has 7 nitrogen and oxygen atoms in total. The number of halogens is 4. The van der Waals surface area contributed by atoms with Gasteiger partial charge in [0.2, 0.25) is 0 Å². The van der Waals surface area contributed by atoms with Crippen molar-refractivity contribution in [3.63, 3.8) is 0 Å². The molecule has 2 amide bonds. The smallest absolute Gasteiger partial charge is 0.258 e. The third kappa shape index (κ3) is 6.61. The molecule has 5 rings (SSSR count). The van der Waals surface area contributed by atoms with E-state index in [-0.39, 0.29) is 23.3 Å². The number of hydrogen-bond acceptors (Lipinski definition) is 5. The fraction of sp³-hybridized carbons (Fsp3) is 0.533. The number of likely N-dealkylation sites (tertiary alicyclic amines) is 3. The van der Waals surface area contributed by atoms with E-state index in [1.54, 1.807) is 35.2 Å². The Morgan fingerprint density at radius 2 is 1.51 bits per heavy atom. The minimum atomic E-state index is -1.71. The van der Waals surface area contributed by atoms with Gasteiger partial charge in [-0.05, 0) is 67.5 Å². The van der Waals surface area contributed by atoms with Crippen LogP contribution in [0.25, 0.3) is 0 Å². The predicted octanol–water partition coefficient (Wildman–Crippen LogP) is 6.17. The van der Waals surface area contributed by atoms with Gasteiger partial charge in [0.15, 0.2) is 5.60 Å². The molecule has 41 heavy (non-hydrogen) atoms. The van der Waals surface area contributed by atoms with Gasteiger partial charge in [0.05, 0.1) is 21.7 Å². The lowest BCUT2D eigenvalue weighted by molar-refractivity contribution is -0.152. The van der Waals surface area contributed by atoms with Crippen molar-refractivity contribution in [3.8, 4) is 0 Å². The van der Waals surface area contributed by atoms with E-state index in [0.717, 1.165) is 38.0 Å². The van der Waals surface area contributed by atoms with E-state index in [1.807, 2.05) is 4.90 Å². The second-order valence-corrected chi connectivity index (χ2v) is 14.2. The average molecular weight is 642 g/mol. The van der Waals surface area contributed by atoms with Gasteiger partial charge in [-0.1, -0.05) is 60.3 Å². The summed E-state index contributed by atoms with van der Waals surface area (Å²) in [5.74, 6) is -0.462. The average Bonchev–Trinajstić information content (AvgIpc) is 3.24.